The molecule has 0 saturated heterocycles. The largest absolute Gasteiger partial charge is 0.464 e. The van der Waals surface area contributed by atoms with Crippen LogP contribution < -0.4 is 5.73 Å². The Morgan fingerprint density at radius 3 is 2.91 bits per heavy atom. The lowest BCUT2D eigenvalue weighted by molar-refractivity contribution is 0.584. The van der Waals surface area contributed by atoms with Crippen molar-refractivity contribution < 1.29 is 4.42 Å². The second kappa shape index (κ2) is 2.43. The second-order valence-electron chi connectivity index (χ2n) is 2.22. The van der Waals surface area contributed by atoms with Gasteiger partial charge in [-0.05, 0) is 18.2 Å². The zero-order valence-corrected chi connectivity index (χ0v) is 6.60. The van der Waals surface area contributed by atoms with Crippen LogP contribution in [-0.2, 0) is 0 Å². The van der Waals surface area contributed by atoms with E-state index in [2.05, 4.69) is 0 Å². The number of anilines is 1. The van der Waals surface area contributed by atoms with Crippen LogP contribution in [0.15, 0.2) is 34.3 Å². The summed E-state index contributed by atoms with van der Waals surface area (Å²) in [4.78, 5) is 1.08. The van der Waals surface area contributed by atoms with Crippen molar-refractivity contribution in [3.8, 4) is 10.6 Å². The molecule has 0 radical (unpaired) electrons. The fourth-order valence-electron chi connectivity index (χ4n) is 0.899. The SMILES string of the molecule is Nc1csc(-c2ccco2)c1. The van der Waals surface area contributed by atoms with Gasteiger partial charge in [0.25, 0.3) is 0 Å². The van der Waals surface area contributed by atoms with Gasteiger partial charge in [0, 0.05) is 11.1 Å². The summed E-state index contributed by atoms with van der Waals surface area (Å²) in [5.41, 5.74) is 6.35. The molecule has 0 aromatic carbocycles. The van der Waals surface area contributed by atoms with Gasteiger partial charge < -0.3 is 10.2 Å². The van der Waals surface area contributed by atoms with E-state index < -0.39 is 0 Å². The van der Waals surface area contributed by atoms with E-state index in [1.54, 1.807) is 17.6 Å². The number of hydrogen-bond donors (Lipinski definition) is 1. The van der Waals surface area contributed by atoms with Crippen LogP contribution in [-0.4, -0.2) is 0 Å². The third-order valence-electron chi connectivity index (χ3n) is 1.38. The molecule has 0 atom stereocenters. The number of rotatable bonds is 1. The van der Waals surface area contributed by atoms with E-state index in [9.17, 15) is 0 Å². The molecule has 2 heterocycles. The van der Waals surface area contributed by atoms with Crippen LogP contribution in [0.1, 0.15) is 0 Å². The van der Waals surface area contributed by atoms with Crippen LogP contribution in [0.25, 0.3) is 10.6 Å². The van der Waals surface area contributed by atoms with Crippen molar-refractivity contribution in [1.82, 2.24) is 0 Å². The number of nitrogen functional groups attached to an aromatic ring is 1. The standard InChI is InChI=1S/C8H7NOS/c9-6-4-8(11-5-6)7-2-1-3-10-7/h1-5H,9H2. The van der Waals surface area contributed by atoms with E-state index in [1.807, 2.05) is 23.6 Å². The first-order valence-electron chi connectivity index (χ1n) is 3.24. The molecular weight excluding hydrogens is 158 g/mol. The lowest BCUT2D eigenvalue weighted by atomic mass is 10.3. The van der Waals surface area contributed by atoms with E-state index in [1.165, 1.54) is 0 Å². The van der Waals surface area contributed by atoms with E-state index in [-0.39, 0.29) is 0 Å². The maximum atomic E-state index is 5.55. The summed E-state index contributed by atoms with van der Waals surface area (Å²) in [6.45, 7) is 0. The van der Waals surface area contributed by atoms with Crippen molar-refractivity contribution >= 4 is 17.0 Å². The molecule has 2 aromatic heterocycles. The fraction of sp³-hybridized carbons (Fsp3) is 0. The molecule has 0 saturated carbocycles. The molecule has 2 N–H and O–H groups in total. The maximum Gasteiger partial charge on any atom is 0.143 e. The molecular formula is C8H7NOS. The van der Waals surface area contributed by atoms with Crippen molar-refractivity contribution in [2.24, 2.45) is 0 Å². The molecule has 0 spiro atoms. The average molecular weight is 165 g/mol. The topological polar surface area (TPSA) is 39.2 Å². The van der Waals surface area contributed by atoms with Crippen LogP contribution in [0.4, 0.5) is 5.69 Å². The summed E-state index contributed by atoms with van der Waals surface area (Å²) in [7, 11) is 0. The van der Waals surface area contributed by atoms with Crippen molar-refractivity contribution in [1.29, 1.82) is 0 Å². The number of nitrogens with two attached hydrogens (primary N) is 1. The Bertz CT molecular complexity index is 337. The predicted octanol–water partition coefficient (Wildman–Crippen LogP) is 2.59. The third kappa shape index (κ3) is 1.14. The first-order chi connectivity index (χ1) is 5.36. The normalized spacial score (nSPS) is 10.2. The van der Waals surface area contributed by atoms with Gasteiger partial charge in [0.15, 0.2) is 0 Å². The highest BCUT2D eigenvalue weighted by molar-refractivity contribution is 7.14. The number of furan rings is 1. The Morgan fingerprint density at radius 1 is 1.45 bits per heavy atom. The van der Waals surface area contributed by atoms with Gasteiger partial charge in [0.1, 0.15) is 5.76 Å². The third-order valence-corrected chi connectivity index (χ3v) is 2.35. The van der Waals surface area contributed by atoms with Crippen LogP contribution in [0.3, 0.4) is 0 Å². The van der Waals surface area contributed by atoms with Crippen molar-refractivity contribution in [2.45, 2.75) is 0 Å². The Balaban J connectivity index is 2.45. The van der Waals surface area contributed by atoms with Gasteiger partial charge in [-0.25, -0.2) is 0 Å². The summed E-state index contributed by atoms with van der Waals surface area (Å²) in [5, 5.41) is 1.90. The lowest BCUT2D eigenvalue weighted by Gasteiger charge is -1.85. The van der Waals surface area contributed by atoms with Gasteiger partial charge in [-0.3, -0.25) is 0 Å². The van der Waals surface area contributed by atoms with Gasteiger partial charge in [-0.2, -0.15) is 0 Å². The van der Waals surface area contributed by atoms with Gasteiger partial charge >= 0.3 is 0 Å². The van der Waals surface area contributed by atoms with Crippen molar-refractivity contribution in [2.75, 3.05) is 5.73 Å². The summed E-state index contributed by atoms with van der Waals surface area (Å²) >= 11 is 1.59. The van der Waals surface area contributed by atoms with E-state index >= 15 is 0 Å². The first kappa shape index (κ1) is 6.49. The minimum atomic E-state index is 0.793. The maximum absolute atomic E-state index is 5.55. The Hall–Kier alpha value is -1.22. The van der Waals surface area contributed by atoms with Crippen LogP contribution in [0.2, 0.25) is 0 Å². The highest BCUT2D eigenvalue weighted by Gasteiger charge is 2.01. The summed E-state index contributed by atoms with van der Waals surface area (Å²) < 4.78 is 5.19. The molecule has 56 valence electrons. The quantitative estimate of drug-likeness (QED) is 0.705. The molecule has 0 bridgehead atoms. The Labute approximate surface area is 68.3 Å². The van der Waals surface area contributed by atoms with Crippen molar-refractivity contribution in [3.05, 3.63) is 29.8 Å². The highest BCUT2D eigenvalue weighted by Crippen LogP contribution is 2.28. The van der Waals surface area contributed by atoms with Gasteiger partial charge in [0.2, 0.25) is 0 Å². The highest BCUT2D eigenvalue weighted by atomic mass is 32.1. The zero-order chi connectivity index (χ0) is 7.68. The van der Waals surface area contributed by atoms with E-state index in [4.69, 9.17) is 10.2 Å². The molecule has 2 aromatic rings. The van der Waals surface area contributed by atoms with Gasteiger partial charge in [0.05, 0.1) is 11.1 Å². The average Bonchev–Trinajstić information content (AvgIpc) is 2.55. The predicted molar refractivity (Wildman–Crippen MR) is 46.4 cm³/mol. The monoisotopic (exact) mass is 165 g/mol. The molecule has 2 rings (SSSR count). The van der Waals surface area contributed by atoms with E-state index in [0.717, 1.165) is 16.3 Å². The smallest absolute Gasteiger partial charge is 0.143 e. The van der Waals surface area contributed by atoms with Gasteiger partial charge in [-0.15, -0.1) is 11.3 Å². The Kier molecular flexibility index (Phi) is 1.43. The number of hydrogen-bond acceptors (Lipinski definition) is 3. The minimum absolute atomic E-state index is 0.793. The molecule has 0 fully saturated rings. The van der Waals surface area contributed by atoms with Crippen molar-refractivity contribution in [3.63, 3.8) is 0 Å². The minimum Gasteiger partial charge on any atom is -0.464 e. The second-order valence-corrected chi connectivity index (χ2v) is 3.13. The summed E-state index contributed by atoms with van der Waals surface area (Å²) in [5.74, 6) is 0.881. The molecule has 2 nitrogen and oxygen atoms in total. The molecule has 3 heteroatoms. The molecule has 11 heavy (non-hydrogen) atoms. The molecule has 0 unspecified atom stereocenters. The van der Waals surface area contributed by atoms with Crippen LogP contribution >= 0.6 is 11.3 Å². The molecule has 0 aliphatic rings. The molecule has 0 aliphatic carbocycles. The number of thiophene rings is 1. The first-order valence-corrected chi connectivity index (χ1v) is 4.12. The molecule has 0 amide bonds. The van der Waals surface area contributed by atoms with Crippen LogP contribution in [0, 0.1) is 0 Å². The summed E-state index contributed by atoms with van der Waals surface area (Å²) in [6, 6.07) is 5.69. The lowest BCUT2D eigenvalue weighted by Crippen LogP contribution is -1.75. The van der Waals surface area contributed by atoms with Crippen LogP contribution in [0.5, 0.6) is 0 Å². The summed E-state index contributed by atoms with van der Waals surface area (Å²) in [6.07, 6.45) is 1.66. The Morgan fingerprint density at radius 2 is 2.36 bits per heavy atom. The molecule has 0 aliphatic heterocycles. The fourth-order valence-corrected chi connectivity index (χ4v) is 1.67. The van der Waals surface area contributed by atoms with E-state index in [0.29, 0.717) is 0 Å². The zero-order valence-electron chi connectivity index (χ0n) is 5.78. The van der Waals surface area contributed by atoms with Gasteiger partial charge in [-0.1, -0.05) is 0 Å².